The van der Waals surface area contributed by atoms with E-state index in [1.54, 1.807) is 63.6 Å². The number of hydrogen-bond donors (Lipinski definition) is 2. The number of fused-ring (bicyclic) bond motifs is 2. The summed E-state index contributed by atoms with van der Waals surface area (Å²) in [6.45, 7) is 0. The molecule has 0 aliphatic heterocycles. The number of carbonyl (C=O) groups excluding carboxylic acids is 1. The molecule has 0 spiro atoms. The van der Waals surface area contributed by atoms with E-state index in [1.165, 1.54) is 29.1 Å². The summed E-state index contributed by atoms with van der Waals surface area (Å²) in [6, 6.07) is 11.9. The van der Waals surface area contributed by atoms with Crippen LogP contribution in [-0.4, -0.2) is 60.1 Å². The molecule has 3 heterocycles. The number of aryl methyl sites for hydroxylation is 1. The largest absolute Gasteiger partial charge is 0.497 e. The van der Waals surface area contributed by atoms with Crippen molar-refractivity contribution in [3.63, 3.8) is 0 Å². The Labute approximate surface area is 217 Å². The lowest BCUT2D eigenvalue weighted by molar-refractivity contribution is 0.161. The highest BCUT2D eigenvalue weighted by Gasteiger charge is 2.23. The van der Waals surface area contributed by atoms with Gasteiger partial charge >= 0.3 is 6.09 Å². The third-order valence-electron chi connectivity index (χ3n) is 5.37. The number of ether oxygens (including phenoxy) is 2. The number of amides is 1. The molecule has 0 aliphatic rings. The quantitative estimate of drug-likeness (QED) is 0.314. The summed E-state index contributed by atoms with van der Waals surface area (Å²) < 4.78 is 46.6. The van der Waals surface area contributed by atoms with Gasteiger partial charge in [0.25, 0.3) is 16.0 Å². The van der Waals surface area contributed by atoms with Crippen molar-refractivity contribution < 1.29 is 27.1 Å². The van der Waals surface area contributed by atoms with Crippen molar-refractivity contribution >= 4 is 55.4 Å². The van der Waals surface area contributed by atoms with Crippen LogP contribution in [0.3, 0.4) is 0 Å². The minimum absolute atomic E-state index is 0.0318. The van der Waals surface area contributed by atoms with E-state index in [0.717, 1.165) is 0 Å². The monoisotopic (exact) mass is 537 g/mol. The first-order chi connectivity index (χ1) is 18.1. The second-order valence-electron chi connectivity index (χ2n) is 8.44. The highest BCUT2D eigenvalue weighted by Crippen LogP contribution is 2.37. The molecule has 0 radical (unpaired) electrons. The van der Waals surface area contributed by atoms with Gasteiger partial charge in [-0.05, 0) is 18.2 Å². The molecule has 2 N–H and O–H groups in total. The van der Waals surface area contributed by atoms with E-state index in [4.69, 9.17) is 13.9 Å². The Hall–Kier alpha value is -4.85. The molecule has 0 bridgehead atoms. The van der Waals surface area contributed by atoms with Gasteiger partial charge in [0.05, 0.1) is 30.2 Å². The maximum absolute atomic E-state index is 13.1. The Morgan fingerprint density at radius 2 is 1.79 bits per heavy atom. The number of anilines is 3. The third kappa shape index (κ3) is 4.88. The molecule has 2 aromatic carbocycles. The lowest BCUT2D eigenvalue weighted by Crippen LogP contribution is -2.25. The summed E-state index contributed by atoms with van der Waals surface area (Å²) in [5.41, 5.74) is 1.69. The molecule has 0 saturated heterocycles. The van der Waals surface area contributed by atoms with E-state index in [1.807, 2.05) is 0 Å². The van der Waals surface area contributed by atoms with Crippen LogP contribution in [0.5, 0.6) is 11.7 Å². The van der Waals surface area contributed by atoms with Gasteiger partial charge in [0.2, 0.25) is 0 Å². The summed E-state index contributed by atoms with van der Waals surface area (Å²) in [4.78, 5) is 26.3. The number of nitrogens with one attached hydrogen (secondary N) is 2. The minimum atomic E-state index is -4.08. The molecule has 1 amide bonds. The molecule has 0 fully saturated rings. The fourth-order valence-electron chi connectivity index (χ4n) is 3.53. The van der Waals surface area contributed by atoms with Gasteiger partial charge in [-0.15, -0.1) is 0 Å². The summed E-state index contributed by atoms with van der Waals surface area (Å²) >= 11 is 0. The van der Waals surface area contributed by atoms with E-state index < -0.39 is 16.1 Å². The summed E-state index contributed by atoms with van der Waals surface area (Å²) in [5.74, 6) is 0.475. The van der Waals surface area contributed by atoms with Crippen molar-refractivity contribution in [1.82, 2.24) is 24.4 Å². The Bertz CT molecular complexity index is 1780. The number of carbonyl (C=O) groups is 1. The number of aromatic nitrogens is 4. The van der Waals surface area contributed by atoms with E-state index in [2.05, 4.69) is 25.0 Å². The van der Waals surface area contributed by atoms with E-state index in [-0.39, 0.29) is 22.6 Å². The maximum Gasteiger partial charge on any atom is 0.417 e. The van der Waals surface area contributed by atoms with Crippen LogP contribution in [0, 0.1) is 0 Å². The predicted molar refractivity (Wildman–Crippen MR) is 139 cm³/mol. The van der Waals surface area contributed by atoms with Crippen molar-refractivity contribution in [1.29, 1.82) is 0 Å². The first-order valence-electron chi connectivity index (χ1n) is 11.2. The first kappa shape index (κ1) is 24.8. The summed E-state index contributed by atoms with van der Waals surface area (Å²) in [5, 5.41) is 3.49. The summed E-state index contributed by atoms with van der Waals surface area (Å²) in [7, 11) is 2.18. The lowest BCUT2D eigenvalue weighted by atomic mass is 10.2. The van der Waals surface area contributed by atoms with Crippen LogP contribution in [0.4, 0.5) is 22.1 Å². The fourth-order valence-corrected chi connectivity index (χ4v) is 4.53. The molecule has 196 valence electrons. The van der Waals surface area contributed by atoms with Crippen LogP contribution in [0.25, 0.3) is 22.0 Å². The molecule has 3 aromatic heterocycles. The van der Waals surface area contributed by atoms with Crippen LogP contribution in [0.15, 0.2) is 64.4 Å². The molecule has 0 atom stereocenters. The number of methoxy groups -OCH3 is 1. The van der Waals surface area contributed by atoms with Gasteiger partial charge in [-0.3, -0.25) is 4.72 Å². The Kier molecular flexibility index (Phi) is 6.24. The Morgan fingerprint density at radius 1 is 1.08 bits per heavy atom. The second kappa shape index (κ2) is 9.55. The Morgan fingerprint density at radius 3 is 2.42 bits per heavy atom. The van der Waals surface area contributed by atoms with Gasteiger partial charge in [0.15, 0.2) is 22.2 Å². The molecule has 0 aliphatic carbocycles. The smallest absolute Gasteiger partial charge is 0.417 e. The maximum atomic E-state index is 13.1. The van der Waals surface area contributed by atoms with Crippen molar-refractivity contribution in [2.24, 2.45) is 7.05 Å². The molecular weight excluding hydrogens is 514 g/mol. The molecule has 5 aromatic rings. The first-order valence-corrected chi connectivity index (χ1v) is 12.7. The highest BCUT2D eigenvalue weighted by atomic mass is 32.2. The van der Waals surface area contributed by atoms with E-state index in [0.29, 0.717) is 33.4 Å². The predicted octanol–water partition coefficient (Wildman–Crippen LogP) is 3.72. The molecule has 5 rings (SSSR count). The molecule has 0 unspecified atom stereocenters. The second-order valence-corrected chi connectivity index (χ2v) is 10.1. The number of sulfonamides is 1. The zero-order valence-electron chi connectivity index (χ0n) is 20.8. The molecule has 14 heteroatoms. The van der Waals surface area contributed by atoms with Crippen LogP contribution in [-0.2, 0) is 17.1 Å². The molecular formula is C24H23N7O6S. The number of benzene rings is 2. The number of rotatable bonds is 7. The number of para-hydroxylation sites is 2. The van der Waals surface area contributed by atoms with Crippen molar-refractivity contribution in [2.45, 2.75) is 5.03 Å². The lowest BCUT2D eigenvalue weighted by Gasteiger charge is -2.14. The zero-order valence-corrected chi connectivity index (χ0v) is 21.6. The molecule has 13 nitrogen and oxygen atoms in total. The number of nitrogens with zero attached hydrogens (tertiary/aromatic N) is 5. The average Bonchev–Trinajstić information content (AvgIpc) is 3.50. The SMILES string of the molecule is COc1cc(Nc2nc3ccccc3nc2NS(=O)(=O)c2cn(C)cn2)c2oc(OC(=O)N(C)C)cc2c1. The normalized spacial score (nSPS) is 11.5. The van der Waals surface area contributed by atoms with Crippen molar-refractivity contribution in [2.75, 3.05) is 31.2 Å². The highest BCUT2D eigenvalue weighted by molar-refractivity contribution is 7.92. The fraction of sp³-hybridized carbons (Fsp3) is 0.167. The molecule has 38 heavy (non-hydrogen) atoms. The standard InChI is InChI=1S/C24H23N7O6S/c1-30(2)24(32)37-20-10-14-9-15(35-4)11-18(21(14)36-20)28-22-23(27-17-8-6-5-7-16(17)26-22)29-38(33,34)19-12-31(3)13-25-19/h5-13H,1-4H3,(H,26,28)(H,27,29). The topological polar surface area (TPSA) is 154 Å². The zero-order chi connectivity index (χ0) is 27.0. The summed E-state index contributed by atoms with van der Waals surface area (Å²) in [6.07, 6.45) is 2.14. The van der Waals surface area contributed by atoms with Gasteiger partial charge < -0.3 is 28.7 Å². The molecule has 0 saturated carbocycles. The average molecular weight is 538 g/mol. The minimum Gasteiger partial charge on any atom is -0.497 e. The van der Waals surface area contributed by atoms with Crippen molar-refractivity contribution in [3.05, 3.63) is 55.0 Å². The van der Waals surface area contributed by atoms with E-state index in [9.17, 15) is 13.2 Å². The number of furan rings is 1. The van der Waals surface area contributed by atoms with Crippen LogP contribution in [0.1, 0.15) is 0 Å². The number of hydrogen-bond acceptors (Lipinski definition) is 10. The van der Waals surface area contributed by atoms with E-state index >= 15 is 0 Å². The van der Waals surface area contributed by atoms with Crippen LogP contribution >= 0.6 is 0 Å². The van der Waals surface area contributed by atoms with Gasteiger partial charge in [0.1, 0.15) is 5.75 Å². The van der Waals surface area contributed by atoms with Gasteiger partial charge in [0, 0.05) is 44.9 Å². The van der Waals surface area contributed by atoms with Gasteiger partial charge in [-0.1, -0.05) is 12.1 Å². The van der Waals surface area contributed by atoms with Gasteiger partial charge in [-0.25, -0.2) is 19.7 Å². The van der Waals surface area contributed by atoms with Crippen LogP contribution in [0.2, 0.25) is 0 Å². The van der Waals surface area contributed by atoms with Crippen molar-refractivity contribution in [3.8, 4) is 11.7 Å². The number of imidazole rings is 1. The van der Waals surface area contributed by atoms with Gasteiger partial charge in [-0.2, -0.15) is 8.42 Å². The van der Waals surface area contributed by atoms with Crippen LogP contribution < -0.4 is 19.5 Å². The Balaban J connectivity index is 1.60. The third-order valence-corrected chi connectivity index (χ3v) is 6.59.